The molecule has 2 rings (SSSR count). The zero-order valence-electron chi connectivity index (χ0n) is 10.6. The molecule has 10 heteroatoms. The van der Waals surface area contributed by atoms with Crippen LogP contribution in [-0.2, 0) is 6.18 Å². The Balaban J connectivity index is 2.89. The fourth-order valence-electron chi connectivity index (χ4n) is 1.77. The second-order valence-corrected chi connectivity index (χ2v) is 6.11. The van der Waals surface area contributed by atoms with E-state index in [1.807, 2.05) is 0 Å². The number of benzene rings is 1. The highest BCUT2D eigenvalue weighted by Gasteiger charge is 2.33. The lowest BCUT2D eigenvalue weighted by atomic mass is 10.0. The first-order chi connectivity index (χ1) is 10.6. The Labute approximate surface area is 153 Å². The first-order valence-electron chi connectivity index (χ1n) is 5.63. The maximum Gasteiger partial charge on any atom is 0.417 e. The summed E-state index contributed by atoms with van der Waals surface area (Å²) in [4.78, 5) is 14.6. The van der Waals surface area contributed by atoms with Crippen molar-refractivity contribution < 1.29 is 18.0 Å². The summed E-state index contributed by atoms with van der Waals surface area (Å²) in [6.45, 7) is 0. The predicted molar refractivity (Wildman–Crippen MR) is 85.1 cm³/mol. The molecule has 0 bridgehead atoms. The van der Waals surface area contributed by atoms with Gasteiger partial charge in [-0.2, -0.15) is 13.2 Å². The number of rotatable bonds is 2. The molecule has 0 amide bonds. The Morgan fingerprint density at radius 1 is 0.913 bits per heavy atom. The molecule has 1 aromatic carbocycles. The molecule has 0 saturated carbocycles. The number of pyridine rings is 1. The molecule has 0 unspecified atom stereocenters. The molecule has 0 aliphatic carbocycles. The van der Waals surface area contributed by atoms with Gasteiger partial charge in [0, 0.05) is 17.3 Å². The first kappa shape index (κ1) is 18.6. The summed E-state index contributed by atoms with van der Waals surface area (Å²) in [6, 6.07) is 0.685. The van der Waals surface area contributed by atoms with Gasteiger partial charge in [0.1, 0.15) is 5.69 Å². The van der Waals surface area contributed by atoms with Crippen LogP contribution in [0.3, 0.4) is 0 Å². The molecule has 1 heterocycles. The molecule has 0 atom stereocenters. The van der Waals surface area contributed by atoms with Crippen molar-refractivity contribution in [2.24, 2.45) is 0 Å². The number of hydrogen-bond donors (Lipinski definition) is 0. The van der Waals surface area contributed by atoms with E-state index >= 15 is 0 Å². The molecule has 0 N–H and O–H groups in total. The molecule has 0 radical (unpaired) electrons. The molecule has 0 saturated heterocycles. The fraction of sp³-hybridized carbons (Fsp3) is 0.0769. The second-order valence-electron chi connectivity index (χ2n) is 4.22. The molecule has 2 nitrogen and oxygen atoms in total. The Morgan fingerprint density at radius 3 is 1.83 bits per heavy atom. The summed E-state index contributed by atoms with van der Waals surface area (Å²) >= 11 is 29.7. The number of nitrogens with zero attached hydrogens (tertiary/aromatic N) is 1. The van der Waals surface area contributed by atoms with Crippen LogP contribution in [-0.4, -0.2) is 11.3 Å². The second kappa shape index (κ2) is 6.65. The number of carbonyl (C=O) groups is 1. The van der Waals surface area contributed by atoms with Crippen LogP contribution in [0.1, 0.15) is 16.1 Å². The first-order valence-corrected chi connectivity index (χ1v) is 7.52. The molecule has 0 fully saturated rings. The monoisotopic (exact) mass is 421 g/mol. The van der Waals surface area contributed by atoms with E-state index in [0.29, 0.717) is 12.3 Å². The number of halogens is 8. The minimum absolute atomic E-state index is 0.153. The van der Waals surface area contributed by atoms with Gasteiger partial charge in [-0.25, -0.2) is 0 Å². The molecule has 2 aromatic rings. The number of carbonyl (C=O) groups excluding carboxylic acids is 1. The van der Waals surface area contributed by atoms with E-state index in [9.17, 15) is 18.0 Å². The summed E-state index contributed by atoms with van der Waals surface area (Å²) < 4.78 is 38.6. The summed E-state index contributed by atoms with van der Waals surface area (Å²) in [5.41, 5.74) is -1.82. The van der Waals surface area contributed by atoms with Crippen molar-refractivity contribution in [3.8, 4) is 11.1 Å². The number of alkyl halides is 3. The van der Waals surface area contributed by atoms with Gasteiger partial charge in [-0.15, -0.1) is 0 Å². The van der Waals surface area contributed by atoms with Gasteiger partial charge in [0.15, 0.2) is 6.29 Å². The van der Waals surface area contributed by atoms with Gasteiger partial charge in [0.25, 0.3) is 0 Å². The van der Waals surface area contributed by atoms with Crippen molar-refractivity contribution in [1.82, 2.24) is 4.98 Å². The van der Waals surface area contributed by atoms with Gasteiger partial charge in [-0.1, -0.05) is 58.0 Å². The molecule has 1 aromatic heterocycles. The molecular formula is C13H3Cl5F3NO. The lowest BCUT2D eigenvalue weighted by Crippen LogP contribution is -2.07. The minimum Gasteiger partial charge on any atom is -0.296 e. The van der Waals surface area contributed by atoms with E-state index in [-0.39, 0.29) is 48.2 Å². The summed E-state index contributed by atoms with van der Waals surface area (Å²) in [5, 5.41) is -1.04. The van der Waals surface area contributed by atoms with Crippen molar-refractivity contribution in [3.63, 3.8) is 0 Å². The van der Waals surface area contributed by atoms with Crippen LogP contribution in [0, 0.1) is 0 Å². The Kier molecular flexibility index (Phi) is 5.38. The Morgan fingerprint density at radius 2 is 1.39 bits per heavy atom. The fourth-order valence-corrected chi connectivity index (χ4v) is 3.11. The van der Waals surface area contributed by atoms with E-state index in [2.05, 4.69) is 4.98 Å². The normalized spacial score (nSPS) is 11.7. The van der Waals surface area contributed by atoms with Crippen molar-refractivity contribution in [3.05, 3.63) is 48.6 Å². The van der Waals surface area contributed by atoms with Gasteiger partial charge >= 0.3 is 6.18 Å². The Bertz CT molecular complexity index is 778. The van der Waals surface area contributed by atoms with Crippen molar-refractivity contribution in [2.45, 2.75) is 6.18 Å². The molecule has 0 aliphatic rings. The maximum absolute atomic E-state index is 12.9. The van der Waals surface area contributed by atoms with Crippen molar-refractivity contribution >= 4 is 64.3 Å². The molecule has 0 spiro atoms. The highest BCUT2D eigenvalue weighted by atomic mass is 35.5. The maximum atomic E-state index is 12.9. The van der Waals surface area contributed by atoms with E-state index < -0.39 is 11.7 Å². The third-order valence-electron chi connectivity index (χ3n) is 2.84. The summed E-state index contributed by atoms with van der Waals surface area (Å²) in [7, 11) is 0. The van der Waals surface area contributed by atoms with Crippen LogP contribution < -0.4 is 0 Å². The standard InChI is InChI=1S/C13H3Cl5F3NO/c14-8-7(9(15)11(17)12(18)10(8)16)5-1-4(13(19,20)21)2-22-6(5)3-23/h1-3H. The Hall–Kier alpha value is -0.720. The molecule has 0 aliphatic heterocycles. The van der Waals surface area contributed by atoms with Crippen molar-refractivity contribution in [1.29, 1.82) is 0 Å². The van der Waals surface area contributed by atoms with Crippen LogP contribution in [0.2, 0.25) is 25.1 Å². The quantitative estimate of drug-likeness (QED) is 0.300. The number of aldehydes is 1. The largest absolute Gasteiger partial charge is 0.417 e. The predicted octanol–water partition coefficient (Wildman–Crippen LogP) is 6.85. The van der Waals surface area contributed by atoms with Crippen LogP contribution >= 0.6 is 58.0 Å². The molecule has 23 heavy (non-hydrogen) atoms. The zero-order valence-corrected chi connectivity index (χ0v) is 14.4. The zero-order chi connectivity index (χ0) is 17.5. The molecular weight excluding hydrogens is 420 g/mol. The topological polar surface area (TPSA) is 30.0 Å². The third kappa shape index (κ3) is 3.39. The van der Waals surface area contributed by atoms with E-state index in [0.717, 1.165) is 0 Å². The van der Waals surface area contributed by atoms with Crippen LogP contribution in [0.4, 0.5) is 13.2 Å². The third-order valence-corrected chi connectivity index (χ3v) is 5.11. The highest BCUT2D eigenvalue weighted by molar-refractivity contribution is 6.56. The van der Waals surface area contributed by atoms with Gasteiger partial charge in [-0.3, -0.25) is 9.78 Å². The van der Waals surface area contributed by atoms with Crippen molar-refractivity contribution in [2.75, 3.05) is 0 Å². The van der Waals surface area contributed by atoms with Crippen LogP contribution in [0.5, 0.6) is 0 Å². The van der Waals surface area contributed by atoms with Crippen LogP contribution in [0.15, 0.2) is 12.3 Å². The van der Waals surface area contributed by atoms with E-state index in [1.54, 1.807) is 0 Å². The number of hydrogen-bond acceptors (Lipinski definition) is 2. The van der Waals surface area contributed by atoms with Gasteiger partial charge < -0.3 is 0 Å². The molecule has 122 valence electrons. The average Bonchev–Trinajstić information content (AvgIpc) is 2.50. The summed E-state index contributed by atoms with van der Waals surface area (Å²) in [5.74, 6) is 0. The van der Waals surface area contributed by atoms with Gasteiger partial charge in [0.2, 0.25) is 0 Å². The van der Waals surface area contributed by atoms with E-state index in [4.69, 9.17) is 58.0 Å². The minimum atomic E-state index is -4.68. The van der Waals surface area contributed by atoms with Crippen LogP contribution in [0.25, 0.3) is 11.1 Å². The smallest absolute Gasteiger partial charge is 0.296 e. The number of aromatic nitrogens is 1. The SMILES string of the molecule is O=Cc1ncc(C(F)(F)F)cc1-c1c(Cl)c(Cl)c(Cl)c(Cl)c1Cl. The lowest BCUT2D eigenvalue weighted by Gasteiger charge is -2.15. The summed E-state index contributed by atoms with van der Waals surface area (Å²) in [6.07, 6.45) is -3.89. The van der Waals surface area contributed by atoms with Gasteiger partial charge in [-0.05, 0) is 6.07 Å². The lowest BCUT2D eigenvalue weighted by molar-refractivity contribution is -0.137. The average molecular weight is 423 g/mol. The van der Waals surface area contributed by atoms with Gasteiger partial charge in [0.05, 0.1) is 30.7 Å². The van der Waals surface area contributed by atoms with E-state index in [1.165, 1.54) is 0 Å². The highest BCUT2D eigenvalue weighted by Crippen LogP contribution is 2.49.